The molecule has 1 N–H and O–H groups in total. The van der Waals surface area contributed by atoms with Gasteiger partial charge in [-0.15, -0.1) is 0 Å². The minimum atomic E-state index is -4.54. The van der Waals surface area contributed by atoms with Gasteiger partial charge in [-0.1, -0.05) is 35.4 Å². The number of hydrogen-bond donors (Lipinski definition) is 1. The quantitative estimate of drug-likeness (QED) is 0.285. The Morgan fingerprint density at radius 1 is 1.09 bits per heavy atom. The summed E-state index contributed by atoms with van der Waals surface area (Å²) in [5, 5.41) is 2.76. The van der Waals surface area contributed by atoms with Crippen molar-refractivity contribution in [2.24, 2.45) is 0 Å². The Labute approximate surface area is 195 Å². The molecule has 0 bridgehead atoms. The van der Waals surface area contributed by atoms with Gasteiger partial charge in [-0.25, -0.2) is 14.2 Å². The van der Waals surface area contributed by atoms with Crippen LogP contribution >= 0.6 is 11.6 Å². The highest BCUT2D eigenvalue weighted by atomic mass is 35.5. The lowest BCUT2D eigenvalue weighted by atomic mass is 9.99. The van der Waals surface area contributed by atoms with Crippen LogP contribution in [0, 0.1) is 12.7 Å². The minimum Gasteiger partial charge on any atom is -0.415 e. The third-order valence-electron chi connectivity index (χ3n) is 5.00. The summed E-state index contributed by atoms with van der Waals surface area (Å²) in [4.78, 5) is 29.5. The molecular formula is C24H15ClF4N2O3. The fraction of sp³-hybridized carbons (Fsp3) is 0.125. The van der Waals surface area contributed by atoms with Crippen LogP contribution in [0.3, 0.4) is 0 Å². The summed E-state index contributed by atoms with van der Waals surface area (Å²) in [6.07, 6.45) is -4.54. The van der Waals surface area contributed by atoms with Crippen LogP contribution in [0.4, 0.5) is 17.6 Å². The molecule has 0 unspecified atom stereocenters. The number of benzene rings is 2. The number of nitrogens with zero attached hydrogens (tertiary/aromatic N) is 1. The van der Waals surface area contributed by atoms with Gasteiger partial charge >= 0.3 is 11.8 Å². The fourth-order valence-corrected chi connectivity index (χ4v) is 3.71. The lowest BCUT2D eigenvalue weighted by molar-refractivity contribution is -0.137. The van der Waals surface area contributed by atoms with Gasteiger partial charge in [0, 0.05) is 17.5 Å². The summed E-state index contributed by atoms with van der Waals surface area (Å²) in [6.45, 7) is 1.25. The SMILES string of the molecule is Cc1cc(CNC(=O)c2oc(=O)c3nc(Cl)ccc3c2-c2ccc(F)cc2)cc(C(F)(F)F)c1. The van der Waals surface area contributed by atoms with Gasteiger partial charge in [0.1, 0.15) is 11.0 Å². The third-order valence-corrected chi connectivity index (χ3v) is 5.21. The molecule has 5 nitrogen and oxygen atoms in total. The molecule has 2 aromatic carbocycles. The molecule has 2 aromatic heterocycles. The maximum Gasteiger partial charge on any atom is 0.416 e. The number of pyridine rings is 1. The Morgan fingerprint density at radius 2 is 1.79 bits per heavy atom. The zero-order valence-electron chi connectivity index (χ0n) is 17.5. The first kappa shape index (κ1) is 23.4. The molecule has 0 fully saturated rings. The average Bonchev–Trinajstić information content (AvgIpc) is 2.77. The van der Waals surface area contributed by atoms with Gasteiger partial charge < -0.3 is 9.73 Å². The summed E-state index contributed by atoms with van der Waals surface area (Å²) >= 11 is 5.89. The molecule has 4 rings (SSSR count). The average molecular weight is 491 g/mol. The number of alkyl halides is 3. The van der Waals surface area contributed by atoms with Gasteiger partial charge in [-0.05, 0) is 54.4 Å². The van der Waals surface area contributed by atoms with Crippen molar-refractivity contribution in [3.8, 4) is 11.1 Å². The van der Waals surface area contributed by atoms with E-state index in [1.54, 1.807) is 0 Å². The topological polar surface area (TPSA) is 72.2 Å². The standard InChI is InChI=1S/C24H15ClF4N2O3/c1-12-8-13(10-15(9-12)24(27,28)29)11-30-22(32)21-19(14-2-4-16(26)5-3-14)17-6-7-18(25)31-20(17)23(33)34-21/h2-10H,11H2,1H3,(H,30,32). The summed E-state index contributed by atoms with van der Waals surface area (Å²) in [7, 11) is 0. The van der Waals surface area contributed by atoms with E-state index in [-0.39, 0.29) is 33.7 Å². The monoisotopic (exact) mass is 490 g/mol. The first-order valence-corrected chi connectivity index (χ1v) is 10.3. The zero-order chi connectivity index (χ0) is 24.6. The van der Waals surface area contributed by atoms with Crippen LogP contribution in [0.2, 0.25) is 5.15 Å². The first-order valence-electron chi connectivity index (χ1n) is 9.88. The molecular weight excluding hydrogens is 476 g/mol. The molecule has 0 saturated carbocycles. The van der Waals surface area contributed by atoms with Crippen LogP contribution in [0.25, 0.3) is 22.0 Å². The second-order valence-electron chi connectivity index (χ2n) is 7.52. The van der Waals surface area contributed by atoms with Crippen molar-refractivity contribution in [2.45, 2.75) is 19.6 Å². The van der Waals surface area contributed by atoms with Crippen molar-refractivity contribution in [1.82, 2.24) is 10.3 Å². The van der Waals surface area contributed by atoms with Crippen LogP contribution in [-0.2, 0) is 12.7 Å². The van der Waals surface area contributed by atoms with E-state index in [1.165, 1.54) is 49.4 Å². The maximum absolute atomic E-state index is 13.5. The molecule has 1 amide bonds. The molecule has 0 spiro atoms. The predicted octanol–water partition coefficient (Wildman–Crippen LogP) is 5.90. The predicted molar refractivity (Wildman–Crippen MR) is 118 cm³/mol. The first-order chi connectivity index (χ1) is 16.0. The van der Waals surface area contributed by atoms with E-state index in [2.05, 4.69) is 10.3 Å². The highest BCUT2D eigenvalue weighted by molar-refractivity contribution is 6.29. The Hall–Kier alpha value is -3.72. The van der Waals surface area contributed by atoms with Gasteiger partial charge in [-0.3, -0.25) is 4.79 Å². The van der Waals surface area contributed by atoms with Gasteiger partial charge in [0.25, 0.3) is 5.91 Å². The van der Waals surface area contributed by atoms with Crippen LogP contribution < -0.4 is 10.9 Å². The molecule has 4 aromatic rings. The number of carbonyl (C=O) groups is 1. The zero-order valence-corrected chi connectivity index (χ0v) is 18.2. The Morgan fingerprint density at radius 3 is 2.47 bits per heavy atom. The Kier molecular flexibility index (Phi) is 6.14. The van der Waals surface area contributed by atoms with Crippen molar-refractivity contribution in [1.29, 1.82) is 0 Å². The van der Waals surface area contributed by atoms with Gasteiger partial charge in [-0.2, -0.15) is 13.2 Å². The van der Waals surface area contributed by atoms with E-state index in [0.717, 1.165) is 12.1 Å². The second-order valence-corrected chi connectivity index (χ2v) is 7.91. The highest BCUT2D eigenvalue weighted by Gasteiger charge is 2.31. The number of aromatic nitrogens is 1. The van der Waals surface area contributed by atoms with E-state index in [9.17, 15) is 27.2 Å². The molecule has 0 aliphatic rings. The van der Waals surface area contributed by atoms with E-state index in [1.807, 2.05) is 0 Å². The smallest absolute Gasteiger partial charge is 0.415 e. The molecule has 2 heterocycles. The number of fused-ring (bicyclic) bond motifs is 1. The number of carbonyl (C=O) groups excluding carboxylic acids is 1. The van der Waals surface area contributed by atoms with Crippen molar-refractivity contribution in [2.75, 3.05) is 0 Å². The summed E-state index contributed by atoms with van der Waals surface area (Å²) in [5.41, 5.74) is -0.799. The normalized spacial score (nSPS) is 11.6. The van der Waals surface area contributed by atoms with Crippen LogP contribution in [0.1, 0.15) is 27.2 Å². The number of rotatable bonds is 4. The Bertz CT molecular complexity index is 1460. The molecule has 174 valence electrons. The Balaban J connectivity index is 1.77. The second kappa shape index (κ2) is 8.90. The van der Waals surface area contributed by atoms with Gasteiger partial charge in [0.05, 0.1) is 5.56 Å². The number of nitrogens with one attached hydrogen (secondary N) is 1. The highest BCUT2D eigenvalue weighted by Crippen LogP contribution is 2.32. The van der Waals surface area contributed by atoms with Crippen LogP contribution in [0.5, 0.6) is 0 Å². The van der Waals surface area contributed by atoms with Crippen molar-refractivity contribution in [3.63, 3.8) is 0 Å². The molecule has 0 radical (unpaired) electrons. The minimum absolute atomic E-state index is 0.0296. The molecule has 34 heavy (non-hydrogen) atoms. The van der Waals surface area contributed by atoms with E-state index < -0.39 is 34.8 Å². The summed E-state index contributed by atoms with van der Waals surface area (Å²) in [6, 6.07) is 11.5. The lowest BCUT2D eigenvalue weighted by Crippen LogP contribution is -2.25. The molecule has 10 heteroatoms. The molecule has 0 saturated heterocycles. The fourth-order valence-electron chi connectivity index (χ4n) is 3.56. The largest absolute Gasteiger partial charge is 0.416 e. The lowest BCUT2D eigenvalue weighted by Gasteiger charge is -2.13. The number of aryl methyl sites for hydroxylation is 1. The van der Waals surface area contributed by atoms with Crippen molar-refractivity contribution in [3.05, 3.63) is 98.4 Å². The third kappa shape index (κ3) is 4.79. The summed E-state index contributed by atoms with van der Waals surface area (Å²) in [5.74, 6) is -1.75. The van der Waals surface area contributed by atoms with E-state index in [0.29, 0.717) is 11.1 Å². The van der Waals surface area contributed by atoms with E-state index in [4.69, 9.17) is 16.0 Å². The van der Waals surface area contributed by atoms with Gasteiger partial charge in [0.2, 0.25) is 5.76 Å². The van der Waals surface area contributed by atoms with Crippen molar-refractivity contribution < 1.29 is 26.8 Å². The molecule has 0 aliphatic heterocycles. The number of halogens is 5. The number of amides is 1. The van der Waals surface area contributed by atoms with Crippen LogP contribution in [-0.4, -0.2) is 10.9 Å². The number of hydrogen-bond acceptors (Lipinski definition) is 4. The van der Waals surface area contributed by atoms with E-state index >= 15 is 0 Å². The maximum atomic E-state index is 13.5. The molecule has 0 aliphatic carbocycles. The van der Waals surface area contributed by atoms with Crippen molar-refractivity contribution >= 4 is 28.4 Å². The molecule has 0 atom stereocenters. The van der Waals surface area contributed by atoms with Gasteiger partial charge in [0.15, 0.2) is 5.52 Å². The van der Waals surface area contributed by atoms with Crippen LogP contribution in [0.15, 0.2) is 63.8 Å². The summed E-state index contributed by atoms with van der Waals surface area (Å²) < 4.78 is 58.1.